The predicted molar refractivity (Wildman–Crippen MR) is 243 cm³/mol. The first kappa shape index (κ1) is 46.7. The van der Waals surface area contributed by atoms with Gasteiger partial charge >= 0.3 is 24.1 Å². The van der Waals surface area contributed by atoms with Gasteiger partial charge in [-0.05, 0) is 105 Å². The molecule has 2 atom stereocenters. The fraction of sp³-hybridized carbons (Fsp3) is 0.346. The quantitative estimate of drug-likeness (QED) is 0.0740. The zero-order chi connectivity index (χ0) is 46.2. The lowest BCUT2D eigenvalue weighted by Gasteiger charge is -2.30. The van der Waals surface area contributed by atoms with Crippen molar-refractivity contribution in [3.05, 3.63) is 149 Å². The number of benzene rings is 5. The Balaban J connectivity index is 1.16. The molecule has 0 saturated heterocycles. The first-order valence-electron chi connectivity index (χ1n) is 21.3. The van der Waals surface area contributed by atoms with Crippen molar-refractivity contribution in [2.24, 2.45) is 0 Å². The molecule has 1 aliphatic rings. The Labute approximate surface area is 376 Å². The van der Waals surface area contributed by atoms with Gasteiger partial charge in [0, 0.05) is 32.9 Å². The van der Waals surface area contributed by atoms with Gasteiger partial charge in [0.1, 0.15) is 42.2 Å². The molecule has 0 spiro atoms. The minimum absolute atomic E-state index is 0.0372. The van der Waals surface area contributed by atoms with E-state index < -0.39 is 47.4 Å². The molecule has 0 radical (unpaired) electrons. The maximum Gasteiger partial charge on any atom is 0.410 e. The van der Waals surface area contributed by atoms with Gasteiger partial charge in [0.25, 0.3) is 0 Å². The van der Waals surface area contributed by atoms with Crippen LogP contribution in [0.4, 0.5) is 9.59 Å². The van der Waals surface area contributed by atoms with Crippen LogP contribution in [-0.4, -0.2) is 85.0 Å². The van der Waals surface area contributed by atoms with E-state index in [0.717, 1.165) is 33.4 Å². The molecular formula is C52H58N2O10. The van der Waals surface area contributed by atoms with Crippen LogP contribution < -0.4 is 9.47 Å². The van der Waals surface area contributed by atoms with Crippen molar-refractivity contribution in [2.75, 3.05) is 27.8 Å². The van der Waals surface area contributed by atoms with Crippen LogP contribution in [0.5, 0.6) is 17.2 Å². The number of rotatable bonds is 15. The molecule has 0 aromatic heterocycles. The van der Waals surface area contributed by atoms with Gasteiger partial charge in [-0.3, -0.25) is 9.80 Å². The van der Waals surface area contributed by atoms with E-state index in [0.29, 0.717) is 22.8 Å². The second-order valence-electron chi connectivity index (χ2n) is 17.8. The normalized spacial score (nSPS) is 13.1. The topological polar surface area (TPSA) is 130 Å². The molecular weight excluding hydrogens is 813 g/mol. The molecule has 0 saturated carbocycles. The molecule has 0 fully saturated rings. The van der Waals surface area contributed by atoms with Gasteiger partial charge in [-0.15, -0.1) is 0 Å². The van der Waals surface area contributed by atoms with Crippen LogP contribution in [0.2, 0.25) is 0 Å². The SMILES string of the molecule is COc1ccc(C[C@@H](C(=O)OCc2ccccc2)N(C)C(=O)OC(C)(C)C)cc1Oc1ccc(C[C@@H](C(=O)OC(C)(C)C)N(C)C(=O)OCC2c3ccccc3-c3ccccc32)cc1. The summed E-state index contributed by atoms with van der Waals surface area (Å²) >= 11 is 0. The Kier molecular flexibility index (Phi) is 14.7. The van der Waals surface area contributed by atoms with Gasteiger partial charge in [0.15, 0.2) is 11.5 Å². The van der Waals surface area contributed by atoms with Gasteiger partial charge in [-0.2, -0.15) is 0 Å². The second kappa shape index (κ2) is 20.1. The molecule has 0 bridgehead atoms. The van der Waals surface area contributed by atoms with E-state index in [1.807, 2.05) is 66.7 Å². The van der Waals surface area contributed by atoms with Crippen molar-refractivity contribution in [3.63, 3.8) is 0 Å². The average molecular weight is 871 g/mol. The van der Waals surface area contributed by atoms with Crippen molar-refractivity contribution in [2.45, 2.75) is 90.2 Å². The Morgan fingerprint density at radius 3 is 1.69 bits per heavy atom. The number of nitrogens with zero attached hydrogens (tertiary/aromatic N) is 2. The van der Waals surface area contributed by atoms with Gasteiger partial charge in [-0.1, -0.05) is 97.1 Å². The van der Waals surface area contributed by atoms with Gasteiger partial charge in [-0.25, -0.2) is 19.2 Å². The number of ether oxygens (including phenoxy) is 6. The molecule has 5 aromatic rings. The van der Waals surface area contributed by atoms with Crippen LogP contribution in [0.15, 0.2) is 121 Å². The largest absolute Gasteiger partial charge is 0.493 e. The fourth-order valence-corrected chi connectivity index (χ4v) is 7.43. The molecule has 64 heavy (non-hydrogen) atoms. The summed E-state index contributed by atoms with van der Waals surface area (Å²) in [6.07, 6.45) is -1.08. The number of esters is 2. The molecule has 6 rings (SSSR count). The third-order valence-corrected chi connectivity index (χ3v) is 10.7. The van der Waals surface area contributed by atoms with Crippen LogP contribution in [0, 0.1) is 0 Å². The van der Waals surface area contributed by atoms with Crippen LogP contribution in [-0.2, 0) is 48.0 Å². The Morgan fingerprint density at radius 2 is 1.09 bits per heavy atom. The van der Waals surface area contributed by atoms with E-state index in [9.17, 15) is 19.2 Å². The standard InChI is InChI=1S/C52H58N2O10/c1-51(2,3)63-48(56)44(53(7)49(57)61-33-42-40-21-15-13-19-38(40)39-20-14-16-22-41(39)42)29-34-23-26-37(27-24-34)62-46-31-36(25-28-45(46)59-9)30-43(54(8)50(58)64-52(4,5)6)47(55)60-32-35-17-11-10-12-18-35/h10-28,31,42-44H,29-30,32-33H2,1-9H3/t43-,44-/m0/s1. The molecule has 0 heterocycles. The molecule has 1 aliphatic carbocycles. The lowest BCUT2D eigenvalue weighted by atomic mass is 9.98. The molecule has 5 aromatic carbocycles. The first-order chi connectivity index (χ1) is 30.4. The van der Waals surface area contributed by atoms with Gasteiger partial charge < -0.3 is 28.4 Å². The highest BCUT2D eigenvalue weighted by atomic mass is 16.6. The van der Waals surface area contributed by atoms with E-state index in [1.54, 1.807) is 78.9 Å². The van der Waals surface area contributed by atoms with E-state index in [4.69, 9.17) is 28.4 Å². The fourth-order valence-electron chi connectivity index (χ4n) is 7.43. The number of likely N-dealkylation sites (N-methyl/N-ethyl adjacent to an activating group) is 2. The maximum absolute atomic E-state index is 13.7. The van der Waals surface area contributed by atoms with Crippen molar-refractivity contribution in [1.29, 1.82) is 0 Å². The van der Waals surface area contributed by atoms with E-state index in [-0.39, 0.29) is 32.0 Å². The van der Waals surface area contributed by atoms with Gasteiger partial charge in [0.2, 0.25) is 0 Å². The summed E-state index contributed by atoms with van der Waals surface area (Å²) in [7, 11) is 4.58. The van der Waals surface area contributed by atoms with E-state index in [2.05, 4.69) is 24.3 Å². The number of amides is 2. The summed E-state index contributed by atoms with van der Waals surface area (Å²) in [6, 6.07) is 35.9. The summed E-state index contributed by atoms with van der Waals surface area (Å²) in [5.74, 6) is -0.0393. The number of methoxy groups -OCH3 is 1. The number of fused-ring (bicyclic) bond motifs is 3. The van der Waals surface area contributed by atoms with Crippen LogP contribution in [0.25, 0.3) is 11.1 Å². The van der Waals surface area contributed by atoms with Crippen molar-refractivity contribution in [1.82, 2.24) is 9.80 Å². The van der Waals surface area contributed by atoms with Crippen LogP contribution in [0.3, 0.4) is 0 Å². The molecule has 0 unspecified atom stereocenters. The minimum atomic E-state index is -1.02. The number of carbonyl (C=O) groups excluding carboxylic acids is 4. The van der Waals surface area contributed by atoms with E-state index in [1.165, 1.54) is 24.0 Å². The first-order valence-corrected chi connectivity index (χ1v) is 21.3. The minimum Gasteiger partial charge on any atom is -0.493 e. The summed E-state index contributed by atoms with van der Waals surface area (Å²) < 4.78 is 35.0. The Bertz CT molecular complexity index is 2370. The highest BCUT2D eigenvalue weighted by molar-refractivity contribution is 5.83. The Morgan fingerprint density at radius 1 is 0.562 bits per heavy atom. The van der Waals surface area contributed by atoms with Crippen molar-refractivity contribution in [3.8, 4) is 28.4 Å². The maximum atomic E-state index is 13.7. The third-order valence-electron chi connectivity index (χ3n) is 10.7. The Hall–Kier alpha value is -6.82. The highest BCUT2D eigenvalue weighted by Gasteiger charge is 2.35. The average Bonchev–Trinajstić information content (AvgIpc) is 3.58. The van der Waals surface area contributed by atoms with Gasteiger partial charge in [0.05, 0.1) is 7.11 Å². The van der Waals surface area contributed by atoms with Crippen LogP contribution >= 0.6 is 0 Å². The highest BCUT2D eigenvalue weighted by Crippen LogP contribution is 2.44. The molecule has 2 amide bonds. The van der Waals surface area contributed by atoms with Crippen LogP contribution in [0.1, 0.15) is 75.3 Å². The lowest BCUT2D eigenvalue weighted by molar-refractivity contribution is -0.160. The van der Waals surface area contributed by atoms with Crippen molar-refractivity contribution >= 4 is 24.1 Å². The molecule has 0 N–H and O–H groups in total. The van der Waals surface area contributed by atoms with Crippen molar-refractivity contribution < 1.29 is 47.6 Å². The molecule has 0 aliphatic heterocycles. The molecule has 12 heteroatoms. The zero-order valence-corrected chi connectivity index (χ0v) is 38.1. The lowest BCUT2D eigenvalue weighted by Crippen LogP contribution is -2.47. The molecule has 336 valence electrons. The van der Waals surface area contributed by atoms with E-state index >= 15 is 0 Å². The molecule has 12 nitrogen and oxygen atoms in total. The zero-order valence-electron chi connectivity index (χ0n) is 38.1. The number of hydrogen-bond donors (Lipinski definition) is 0. The summed E-state index contributed by atoms with van der Waals surface area (Å²) in [4.78, 5) is 56.8. The third kappa shape index (κ3) is 12.0. The summed E-state index contributed by atoms with van der Waals surface area (Å²) in [5.41, 5.74) is 5.05. The second-order valence-corrected chi connectivity index (χ2v) is 17.8. The monoisotopic (exact) mass is 870 g/mol. The smallest absolute Gasteiger partial charge is 0.410 e. The number of carbonyl (C=O) groups is 4. The summed E-state index contributed by atoms with van der Waals surface area (Å²) in [6.45, 7) is 10.7. The summed E-state index contributed by atoms with van der Waals surface area (Å²) in [5, 5.41) is 0. The predicted octanol–water partition coefficient (Wildman–Crippen LogP) is 10.1. The number of hydrogen-bond acceptors (Lipinski definition) is 10.